The minimum absolute atomic E-state index is 0.0332. The van der Waals surface area contributed by atoms with E-state index < -0.39 is 10.0 Å². The Kier molecular flexibility index (Phi) is 2.80. The Labute approximate surface area is 106 Å². The summed E-state index contributed by atoms with van der Waals surface area (Å²) in [6, 6.07) is 6.22. The zero-order valence-electron chi connectivity index (χ0n) is 9.87. The molecular formula is C12H16N2O3S. The quantitative estimate of drug-likeness (QED) is 0.797. The Morgan fingerprint density at radius 1 is 1.33 bits per heavy atom. The summed E-state index contributed by atoms with van der Waals surface area (Å²) in [5.74, 6) is 0. The van der Waals surface area contributed by atoms with Crippen molar-refractivity contribution in [2.24, 2.45) is 0 Å². The number of hydrogen-bond donors (Lipinski definition) is 2. The van der Waals surface area contributed by atoms with E-state index in [4.69, 9.17) is 10.5 Å². The number of nitrogens with two attached hydrogens (primary N) is 1. The summed E-state index contributed by atoms with van der Waals surface area (Å²) in [7, 11) is -3.50. The number of sulfonamides is 1. The fraction of sp³-hybridized carbons (Fsp3) is 0.500. The van der Waals surface area contributed by atoms with Crippen molar-refractivity contribution in [1.29, 1.82) is 0 Å². The first-order valence-electron chi connectivity index (χ1n) is 6.08. The third-order valence-corrected chi connectivity index (χ3v) is 5.07. The monoisotopic (exact) mass is 268 g/mol. The minimum Gasteiger partial charge on any atom is -0.399 e. The number of rotatable bonds is 3. The predicted octanol–water partition coefficient (Wildman–Crippen LogP) is 0.867. The van der Waals surface area contributed by atoms with Gasteiger partial charge >= 0.3 is 0 Å². The third-order valence-electron chi connectivity index (χ3n) is 3.58. The molecule has 3 unspecified atom stereocenters. The molecule has 6 heteroatoms. The smallest absolute Gasteiger partial charge is 0.240 e. The lowest BCUT2D eigenvalue weighted by Gasteiger charge is -2.20. The van der Waals surface area contributed by atoms with Crippen LogP contribution in [0.25, 0.3) is 0 Å². The van der Waals surface area contributed by atoms with Crippen molar-refractivity contribution >= 4 is 15.7 Å². The lowest BCUT2D eigenvalue weighted by molar-refractivity contribution is 0.0996. The van der Waals surface area contributed by atoms with Crippen LogP contribution in [0.3, 0.4) is 0 Å². The molecular weight excluding hydrogens is 252 g/mol. The zero-order chi connectivity index (χ0) is 12.8. The standard InChI is InChI=1S/C12H16N2O3S/c13-8-2-1-3-10(6-8)18(15,16)14-11-7-9-4-5-12(11)17-9/h1-3,6,9,11-12,14H,4-5,7,13H2. The van der Waals surface area contributed by atoms with Crippen LogP contribution in [-0.4, -0.2) is 26.7 Å². The highest BCUT2D eigenvalue weighted by Gasteiger charge is 2.42. The molecule has 3 atom stereocenters. The zero-order valence-corrected chi connectivity index (χ0v) is 10.7. The van der Waals surface area contributed by atoms with Crippen LogP contribution in [0, 0.1) is 0 Å². The molecule has 3 rings (SSSR count). The van der Waals surface area contributed by atoms with Gasteiger partial charge in [-0.25, -0.2) is 13.1 Å². The van der Waals surface area contributed by atoms with Gasteiger partial charge in [-0.15, -0.1) is 0 Å². The first kappa shape index (κ1) is 12.0. The van der Waals surface area contributed by atoms with Gasteiger partial charge in [0.1, 0.15) is 0 Å². The fourth-order valence-electron chi connectivity index (χ4n) is 2.71. The first-order chi connectivity index (χ1) is 8.54. The number of ether oxygens (including phenoxy) is 1. The van der Waals surface area contributed by atoms with E-state index in [1.807, 2.05) is 0 Å². The summed E-state index contributed by atoms with van der Waals surface area (Å²) in [6.07, 6.45) is 3.01. The van der Waals surface area contributed by atoms with Crippen molar-refractivity contribution < 1.29 is 13.2 Å². The SMILES string of the molecule is Nc1cccc(S(=O)(=O)NC2CC3CCC2O3)c1. The van der Waals surface area contributed by atoms with Crippen LogP contribution in [0.5, 0.6) is 0 Å². The minimum atomic E-state index is -3.50. The maximum absolute atomic E-state index is 12.2. The molecule has 0 radical (unpaired) electrons. The molecule has 2 fully saturated rings. The number of fused-ring (bicyclic) bond motifs is 2. The lowest BCUT2D eigenvalue weighted by Crippen LogP contribution is -2.41. The highest BCUT2D eigenvalue weighted by molar-refractivity contribution is 7.89. The number of hydrogen-bond acceptors (Lipinski definition) is 4. The number of anilines is 1. The van der Waals surface area contributed by atoms with Crippen LogP contribution < -0.4 is 10.5 Å². The van der Waals surface area contributed by atoms with E-state index in [1.54, 1.807) is 18.2 Å². The average Bonchev–Trinajstić information content (AvgIpc) is 2.90. The van der Waals surface area contributed by atoms with E-state index in [-0.39, 0.29) is 23.1 Å². The van der Waals surface area contributed by atoms with Gasteiger partial charge in [-0.1, -0.05) is 6.07 Å². The summed E-state index contributed by atoms with van der Waals surface area (Å²) in [5.41, 5.74) is 6.05. The Bertz CT molecular complexity index is 558. The average molecular weight is 268 g/mol. The van der Waals surface area contributed by atoms with E-state index in [9.17, 15) is 8.42 Å². The first-order valence-corrected chi connectivity index (χ1v) is 7.56. The molecule has 1 aromatic carbocycles. The molecule has 2 saturated heterocycles. The van der Waals surface area contributed by atoms with Gasteiger partial charge in [0.15, 0.2) is 0 Å². The summed E-state index contributed by atoms with van der Waals surface area (Å²) < 4.78 is 32.7. The van der Waals surface area contributed by atoms with Crippen molar-refractivity contribution in [2.45, 2.75) is 42.4 Å². The van der Waals surface area contributed by atoms with Crippen LogP contribution >= 0.6 is 0 Å². The van der Waals surface area contributed by atoms with Gasteiger partial charge in [-0.05, 0) is 37.5 Å². The Morgan fingerprint density at radius 2 is 2.17 bits per heavy atom. The third kappa shape index (κ3) is 2.11. The highest BCUT2D eigenvalue weighted by Crippen LogP contribution is 2.35. The summed E-state index contributed by atoms with van der Waals surface area (Å²) >= 11 is 0. The van der Waals surface area contributed by atoms with Crippen LogP contribution in [0.2, 0.25) is 0 Å². The van der Waals surface area contributed by atoms with Gasteiger partial charge < -0.3 is 10.5 Å². The normalized spacial score (nSPS) is 30.8. The molecule has 2 aliphatic heterocycles. The molecule has 0 spiro atoms. The molecule has 2 bridgehead atoms. The van der Waals surface area contributed by atoms with Gasteiger partial charge in [0.05, 0.1) is 23.1 Å². The van der Waals surface area contributed by atoms with Gasteiger partial charge in [0, 0.05) is 5.69 Å². The molecule has 18 heavy (non-hydrogen) atoms. The van der Waals surface area contributed by atoms with Gasteiger partial charge in [-0.2, -0.15) is 0 Å². The van der Waals surface area contributed by atoms with Crippen LogP contribution in [0.1, 0.15) is 19.3 Å². The van der Waals surface area contributed by atoms with Crippen LogP contribution in [-0.2, 0) is 14.8 Å². The van der Waals surface area contributed by atoms with Gasteiger partial charge in [0.25, 0.3) is 0 Å². The van der Waals surface area contributed by atoms with Gasteiger partial charge in [0.2, 0.25) is 10.0 Å². The molecule has 3 N–H and O–H groups in total. The second-order valence-electron chi connectivity index (χ2n) is 4.91. The van der Waals surface area contributed by atoms with Crippen LogP contribution in [0.4, 0.5) is 5.69 Å². The summed E-state index contributed by atoms with van der Waals surface area (Å²) in [4.78, 5) is 0.213. The maximum atomic E-state index is 12.2. The Balaban J connectivity index is 1.79. The Hall–Kier alpha value is -1.11. The van der Waals surface area contributed by atoms with Crippen molar-refractivity contribution in [2.75, 3.05) is 5.73 Å². The predicted molar refractivity (Wildman–Crippen MR) is 67.5 cm³/mol. The summed E-state index contributed by atoms with van der Waals surface area (Å²) in [6.45, 7) is 0. The van der Waals surface area contributed by atoms with Crippen LogP contribution in [0.15, 0.2) is 29.2 Å². The summed E-state index contributed by atoms with van der Waals surface area (Å²) in [5, 5.41) is 0. The van der Waals surface area contributed by atoms with Crippen molar-refractivity contribution in [3.05, 3.63) is 24.3 Å². The molecule has 1 aromatic rings. The van der Waals surface area contributed by atoms with E-state index in [0.29, 0.717) is 5.69 Å². The number of nitrogens with one attached hydrogen (secondary N) is 1. The van der Waals surface area contributed by atoms with Crippen molar-refractivity contribution in [1.82, 2.24) is 4.72 Å². The van der Waals surface area contributed by atoms with Gasteiger partial charge in [-0.3, -0.25) is 0 Å². The second-order valence-corrected chi connectivity index (χ2v) is 6.62. The largest absolute Gasteiger partial charge is 0.399 e. The topological polar surface area (TPSA) is 81.4 Å². The number of benzene rings is 1. The fourth-order valence-corrected chi connectivity index (χ4v) is 4.04. The van der Waals surface area contributed by atoms with E-state index >= 15 is 0 Å². The van der Waals surface area contributed by atoms with E-state index in [2.05, 4.69) is 4.72 Å². The molecule has 2 aliphatic rings. The van der Waals surface area contributed by atoms with Crippen molar-refractivity contribution in [3.63, 3.8) is 0 Å². The molecule has 5 nitrogen and oxygen atoms in total. The van der Waals surface area contributed by atoms with E-state index in [0.717, 1.165) is 19.3 Å². The molecule has 0 saturated carbocycles. The highest BCUT2D eigenvalue weighted by atomic mass is 32.2. The molecule has 0 aromatic heterocycles. The Morgan fingerprint density at radius 3 is 2.78 bits per heavy atom. The second kappa shape index (κ2) is 4.22. The number of nitrogen functional groups attached to an aromatic ring is 1. The lowest BCUT2D eigenvalue weighted by atomic mass is 9.96. The molecule has 0 aliphatic carbocycles. The van der Waals surface area contributed by atoms with E-state index in [1.165, 1.54) is 6.07 Å². The maximum Gasteiger partial charge on any atom is 0.240 e. The molecule has 2 heterocycles. The molecule has 98 valence electrons. The van der Waals surface area contributed by atoms with Crippen molar-refractivity contribution in [3.8, 4) is 0 Å². The molecule has 0 amide bonds.